The molecule has 0 aliphatic carbocycles. The second kappa shape index (κ2) is 8.22. The van der Waals surface area contributed by atoms with Crippen molar-refractivity contribution in [2.24, 2.45) is 0 Å². The molecule has 7 nitrogen and oxygen atoms in total. The molecule has 1 aliphatic heterocycles. The van der Waals surface area contributed by atoms with Gasteiger partial charge in [0.2, 0.25) is 0 Å². The molecule has 1 aliphatic rings. The Morgan fingerprint density at radius 1 is 1.23 bits per heavy atom. The first-order valence-corrected chi connectivity index (χ1v) is 10.5. The summed E-state index contributed by atoms with van der Waals surface area (Å²) in [6.07, 6.45) is 0.104. The van der Waals surface area contributed by atoms with E-state index < -0.39 is 6.10 Å². The number of nitriles is 1. The first-order chi connectivity index (χ1) is 14.4. The summed E-state index contributed by atoms with van der Waals surface area (Å²) in [5.74, 6) is 0. The number of anilines is 1. The van der Waals surface area contributed by atoms with Crippen molar-refractivity contribution in [3.63, 3.8) is 0 Å². The van der Waals surface area contributed by atoms with Crippen LogP contribution in [0.3, 0.4) is 0 Å². The minimum atomic E-state index is -0.477. The summed E-state index contributed by atoms with van der Waals surface area (Å²) in [7, 11) is 0. The number of pyridine rings is 1. The minimum absolute atomic E-state index is 0.272. The van der Waals surface area contributed by atoms with E-state index in [2.05, 4.69) is 21.4 Å². The number of thiazole rings is 1. The monoisotopic (exact) mass is 419 g/mol. The summed E-state index contributed by atoms with van der Waals surface area (Å²) in [6, 6.07) is 13.1. The second-order valence-electron chi connectivity index (χ2n) is 7.35. The van der Waals surface area contributed by atoms with E-state index in [0.29, 0.717) is 35.9 Å². The van der Waals surface area contributed by atoms with Gasteiger partial charge in [0, 0.05) is 30.0 Å². The molecular weight excluding hydrogens is 398 g/mol. The Bertz CT molecular complexity index is 1130. The number of carbonyl (C=O) groups excluding carboxylic acids is 1. The molecule has 8 heteroatoms. The maximum absolute atomic E-state index is 12.6. The van der Waals surface area contributed by atoms with Gasteiger partial charge in [-0.3, -0.25) is 10.3 Å². The predicted octanol–water partition coefficient (Wildman–Crippen LogP) is 3.96. The zero-order chi connectivity index (χ0) is 21.3. The lowest BCUT2D eigenvalue weighted by Gasteiger charge is -2.14. The fourth-order valence-corrected chi connectivity index (χ4v) is 4.53. The van der Waals surface area contributed by atoms with Gasteiger partial charge in [0.15, 0.2) is 5.13 Å². The summed E-state index contributed by atoms with van der Waals surface area (Å²) < 4.78 is 0. The van der Waals surface area contributed by atoms with E-state index in [4.69, 9.17) is 0 Å². The van der Waals surface area contributed by atoms with E-state index in [-0.39, 0.29) is 6.03 Å². The van der Waals surface area contributed by atoms with Crippen molar-refractivity contribution < 1.29 is 9.90 Å². The molecule has 2 amide bonds. The highest BCUT2D eigenvalue weighted by atomic mass is 32.1. The molecule has 1 fully saturated rings. The largest absolute Gasteiger partial charge is 0.391 e. The molecule has 2 N–H and O–H groups in total. The Hall–Kier alpha value is -3.28. The summed E-state index contributed by atoms with van der Waals surface area (Å²) in [5, 5.41) is 22.3. The van der Waals surface area contributed by atoms with E-state index >= 15 is 0 Å². The Morgan fingerprint density at radius 3 is 2.67 bits per heavy atom. The molecule has 3 heterocycles. The van der Waals surface area contributed by atoms with Gasteiger partial charge in [-0.1, -0.05) is 23.5 Å². The van der Waals surface area contributed by atoms with Crippen molar-refractivity contribution in [2.75, 3.05) is 18.4 Å². The lowest BCUT2D eigenvalue weighted by atomic mass is 10.0. The fraction of sp³-hybridized carbons (Fsp3) is 0.273. The number of β-amino-alcohol motifs (C(OH)–C–C–N with tert-alkyl or cyclic N) is 1. The van der Waals surface area contributed by atoms with Gasteiger partial charge in [0.25, 0.3) is 0 Å². The number of aliphatic hydroxyl groups is 1. The molecule has 1 atom stereocenters. The Morgan fingerprint density at radius 2 is 2.00 bits per heavy atom. The van der Waals surface area contributed by atoms with Crippen molar-refractivity contribution in [1.29, 1.82) is 5.26 Å². The van der Waals surface area contributed by atoms with E-state index in [1.165, 1.54) is 11.3 Å². The van der Waals surface area contributed by atoms with Crippen molar-refractivity contribution >= 4 is 22.5 Å². The SMILES string of the molecule is Cc1cc(-c2sc(NC(=O)N3CCC(O)C3)nc2-c2cccc(C#N)c2)cc(C)n1. The highest BCUT2D eigenvalue weighted by Crippen LogP contribution is 2.39. The number of hydrogen-bond donors (Lipinski definition) is 2. The standard InChI is InChI=1S/C22H21N5O2S/c1-13-8-17(9-14(2)24-13)20-19(16-5-3-4-15(10-16)11-23)25-21(30-20)26-22(29)27-7-6-18(28)12-27/h3-5,8-10,18,28H,6-7,12H2,1-2H3,(H,25,26,29). The average Bonchev–Trinajstić information content (AvgIpc) is 3.34. The normalized spacial score (nSPS) is 15.8. The van der Waals surface area contributed by atoms with Gasteiger partial charge in [-0.15, -0.1) is 0 Å². The van der Waals surface area contributed by atoms with E-state index in [9.17, 15) is 15.2 Å². The summed E-state index contributed by atoms with van der Waals surface area (Å²) in [6.45, 7) is 4.72. The lowest BCUT2D eigenvalue weighted by Crippen LogP contribution is -2.33. The number of likely N-dealkylation sites (tertiary alicyclic amines) is 1. The molecule has 0 saturated carbocycles. The molecule has 30 heavy (non-hydrogen) atoms. The van der Waals surface area contributed by atoms with Gasteiger partial charge in [0.1, 0.15) is 0 Å². The Kier molecular flexibility index (Phi) is 5.48. The maximum atomic E-state index is 12.6. The van der Waals surface area contributed by atoms with Crippen LogP contribution in [0.15, 0.2) is 36.4 Å². The number of amides is 2. The lowest BCUT2D eigenvalue weighted by molar-refractivity contribution is 0.176. The van der Waals surface area contributed by atoms with Crippen molar-refractivity contribution in [3.05, 3.63) is 53.3 Å². The van der Waals surface area contributed by atoms with Gasteiger partial charge < -0.3 is 10.0 Å². The molecule has 0 spiro atoms. The van der Waals surface area contributed by atoms with Crippen LogP contribution in [-0.2, 0) is 0 Å². The number of aromatic nitrogens is 2. The molecule has 0 bridgehead atoms. The first-order valence-electron chi connectivity index (χ1n) is 9.64. The van der Waals surface area contributed by atoms with Crippen LogP contribution in [0.5, 0.6) is 0 Å². The zero-order valence-corrected chi connectivity index (χ0v) is 17.5. The number of aliphatic hydroxyl groups excluding tert-OH is 1. The third kappa shape index (κ3) is 4.17. The third-order valence-electron chi connectivity index (χ3n) is 4.90. The number of carbonyl (C=O) groups is 1. The molecule has 2 aromatic heterocycles. The Balaban J connectivity index is 1.75. The van der Waals surface area contributed by atoms with Crippen LogP contribution >= 0.6 is 11.3 Å². The van der Waals surface area contributed by atoms with Gasteiger partial charge in [-0.2, -0.15) is 5.26 Å². The van der Waals surface area contributed by atoms with Crippen LogP contribution in [0.4, 0.5) is 9.93 Å². The minimum Gasteiger partial charge on any atom is -0.391 e. The number of hydrogen-bond acceptors (Lipinski definition) is 6. The average molecular weight is 420 g/mol. The van der Waals surface area contributed by atoms with Gasteiger partial charge in [-0.05, 0) is 50.1 Å². The van der Waals surface area contributed by atoms with Gasteiger partial charge >= 0.3 is 6.03 Å². The molecule has 1 saturated heterocycles. The Labute approximate surface area is 178 Å². The van der Waals surface area contributed by atoms with E-state index in [1.807, 2.05) is 38.1 Å². The molecule has 1 aromatic carbocycles. The molecule has 1 unspecified atom stereocenters. The van der Waals surface area contributed by atoms with Gasteiger partial charge in [-0.25, -0.2) is 9.78 Å². The first kappa shape index (κ1) is 20.0. The predicted molar refractivity (Wildman–Crippen MR) is 116 cm³/mol. The van der Waals surface area contributed by atoms with E-state index in [1.54, 1.807) is 17.0 Å². The summed E-state index contributed by atoms with van der Waals surface area (Å²) in [5.41, 5.74) is 4.82. The molecule has 4 rings (SSSR count). The fourth-order valence-electron chi connectivity index (χ4n) is 3.56. The van der Waals surface area contributed by atoms with Crippen molar-refractivity contribution in [2.45, 2.75) is 26.4 Å². The number of aryl methyl sites for hydroxylation is 2. The number of benzene rings is 1. The van der Waals surface area contributed by atoms with E-state index in [0.717, 1.165) is 27.4 Å². The molecule has 3 aromatic rings. The molecular formula is C22H21N5O2S. The second-order valence-corrected chi connectivity index (χ2v) is 8.35. The quantitative estimate of drug-likeness (QED) is 0.669. The summed E-state index contributed by atoms with van der Waals surface area (Å²) >= 11 is 1.38. The maximum Gasteiger partial charge on any atom is 0.323 e. The highest BCUT2D eigenvalue weighted by Gasteiger charge is 2.26. The van der Waals surface area contributed by atoms with Crippen LogP contribution in [0.25, 0.3) is 21.7 Å². The van der Waals surface area contributed by atoms with Crippen LogP contribution < -0.4 is 5.32 Å². The highest BCUT2D eigenvalue weighted by molar-refractivity contribution is 7.19. The van der Waals surface area contributed by atoms with Gasteiger partial charge in [0.05, 0.1) is 28.3 Å². The summed E-state index contributed by atoms with van der Waals surface area (Å²) in [4.78, 5) is 24.2. The number of nitrogens with one attached hydrogen (secondary N) is 1. The van der Waals surface area contributed by atoms with Crippen LogP contribution in [-0.4, -0.2) is 45.2 Å². The van der Waals surface area contributed by atoms with Crippen LogP contribution in [0.2, 0.25) is 0 Å². The third-order valence-corrected chi connectivity index (χ3v) is 5.92. The van der Waals surface area contributed by atoms with Crippen molar-refractivity contribution in [1.82, 2.24) is 14.9 Å². The molecule has 152 valence electrons. The molecule has 0 radical (unpaired) electrons. The van der Waals surface area contributed by atoms with Crippen LogP contribution in [0.1, 0.15) is 23.4 Å². The smallest absolute Gasteiger partial charge is 0.323 e. The zero-order valence-electron chi connectivity index (χ0n) is 16.7. The topological polar surface area (TPSA) is 102 Å². The van der Waals surface area contributed by atoms with Crippen LogP contribution in [0, 0.1) is 25.2 Å². The number of nitrogens with zero attached hydrogens (tertiary/aromatic N) is 4. The van der Waals surface area contributed by atoms with Crippen molar-refractivity contribution in [3.8, 4) is 27.8 Å². The number of rotatable bonds is 3. The number of urea groups is 1.